The maximum absolute atomic E-state index is 4.15. The maximum atomic E-state index is 4.15. The molecule has 1 aromatic rings. The fourth-order valence-corrected chi connectivity index (χ4v) is 1.57. The van der Waals surface area contributed by atoms with E-state index < -0.39 is 0 Å². The second kappa shape index (κ2) is 3.17. The van der Waals surface area contributed by atoms with Crippen molar-refractivity contribution in [3.8, 4) is 0 Å². The van der Waals surface area contributed by atoms with Gasteiger partial charge in [0.15, 0.2) is 0 Å². The SMILES string of the molecule is Cn1cc(N2C[CH]CCC2)cn1. The van der Waals surface area contributed by atoms with E-state index in [2.05, 4.69) is 22.6 Å². The smallest absolute Gasteiger partial charge is 0.0752 e. The van der Waals surface area contributed by atoms with Crippen LogP contribution in [-0.2, 0) is 7.05 Å². The number of piperidine rings is 1. The minimum Gasteiger partial charge on any atom is -0.369 e. The Bertz CT molecular complexity index is 248. The normalized spacial score (nSPS) is 18.2. The molecule has 12 heavy (non-hydrogen) atoms. The molecule has 0 aromatic carbocycles. The Labute approximate surface area is 73.0 Å². The van der Waals surface area contributed by atoms with Crippen LogP contribution in [0.4, 0.5) is 5.69 Å². The molecule has 1 radical (unpaired) electrons. The summed E-state index contributed by atoms with van der Waals surface area (Å²) < 4.78 is 1.85. The van der Waals surface area contributed by atoms with Gasteiger partial charge in [-0.15, -0.1) is 0 Å². The number of rotatable bonds is 1. The summed E-state index contributed by atoms with van der Waals surface area (Å²) in [4.78, 5) is 2.36. The van der Waals surface area contributed by atoms with Crippen LogP contribution in [0.5, 0.6) is 0 Å². The topological polar surface area (TPSA) is 21.1 Å². The van der Waals surface area contributed by atoms with Gasteiger partial charge in [0.25, 0.3) is 0 Å². The average molecular weight is 164 g/mol. The molecule has 3 heteroatoms. The van der Waals surface area contributed by atoms with E-state index in [-0.39, 0.29) is 0 Å². The fourth-order valence-electron chi connectivity index (χ4n) is 1.57. The lowest BCUT2D eigenvalue weighted by Crippen LogP contribution is -2.29. The lowest BCUT2D eigenvalue weighted by molar-refractivity contribution is 0.671. The molecule has 0 bridgehead atoms. The van der Waals surface area contributed by atoms with Crippen LogP contribution >= 0.6 is 0 Å². The van der Waals surface area contributed by atoms with Crippen LogP contribution in [0.1, 0.15) is 12.8 Å². The zero-order valence-corrected chi connectivity index (χ0v) is 7.40. The summed E-state index contributed by atoms with van der Waals surface area (Å²) in [5, 5.41) is 4.15. The van der Waals surface area contributed by atoms with Crippen molar-refractivity contribution in [2.45, 2.75) is 12.8 Å². The van der Waals surface area contributed by atoms with Gasteiger partial charge in [-0.1, -0.05) is 0 Å². The number of nitrogens with zero attached hydrogens (tertiary/aromatic N) is 3. The zero-order chi connectivity index (χ0) is 8.39. The van der Waals surface area contributed by atoms with Gasteiger partial charge in [0.1, 0.15) is 0 Å². The third-order valence-corrected chi connectivity index (χ3v) is 2.24. The largest absolute Gasteiger partial charge is 0.369 e. The van der Waals surface area contributed by atoms with Gasteiger partial charge in [0, 0.05) is 26.3 Å². The van der Waals surface area contributed by atoms with Crippen molar-refractivity contribution in [1.82, 2.24) is 9.78 Å². The van der Waals surface area contributed by atoms with Gasteiger partial charge in [-0.2, -0.15) is 5.10 Å². The third kappa shape index (κ3) is 1.44. The van der Waals surface area contributed by atoms with E-state index in [1.54, 1.807) is 0 Å². The second-order valence-electron chi connectivity index (χ2n) is 3.25. The minimum absolute atomic E-state index is 1.08. The van der Waals surface area contributed by atoms with E-state index >= 15 is 0 Å². The average Bonchev–Trinajstić information content (AvgIpc) is 2.54. The zero-order valence-electron chi connectivity index (χ0n) is 7.40. The van der Waals surface area contributed by atoms with Crippen molar-refractivity contribution in [3.05, 3.63) is 18.8 Å². The van der Waals surface area contributed by atoms with Gasteiger partial charge >= 0.3 is 0 Å². The highest BCUT2D eigenvalue weighted by molar-refractivity contribution is 5.43. The fraction of sp³-hybridized carbons (Fsp3) is 0.556. The first-order valence-corrected chi connectivity index (χ1v) is 4.41. The molecule has 0 N–H and O–H groups in total. The molecule has 0 amide bonds. The van der Waals surface area contributed by atoms with Gasteiger partial charge in [-0.3, -0.25) is 4.68 Å². The molecule has 1 aliphatic rings. The Balaban J connectivity index is 2.08. The number of aromatic nitrogens is 2. The van der Waals surface area contributed by atoms with Crippen LogP contribution in [0.2, 0.25) is 0 Å². The predicted octanol–water partition coefficient (Wildman–Crippen LogP) is 1.22. The Morgan fingerprint density at radius 2 is 2.42 bits per heavy atom. The first kappa shape index (κ1) is 7.65. The first-order chi connectivity index (χ1) is 5.86. The highest BCUT2D eigenvalue weighted by Crippen LogP contribution is 2.17. The number of hydrogen-bond acceptors (Lipinski definition) is 2. The number of anilines is 1. The first-order valence-electron chi connectivity index (χ1n) is 4.41. The number of aryl methyl sites for hydroxylation is 1. The van der Waals surface area contributed by atoms with E-state index in [9.17, 15) is 0 Å². The van der Waals surface area contributed by atoms with E-state index in [0.29, 0.717) is 0 Å². The summed E-state index contributed by atoms with van der Waals surface area (Å²) in [6, 6.07) is 0. The van der Waals surface area contributed by atoms with Gasteiger partial charge in [-0.25, -0.2) is 0 Å². The van der Waals surface area contributed by atoms with Crippen LogP contribution in [0.3, 0.4) is 0 Å². The van der Waals surface area contributed by atoms with Crippen molar-refractivity contribution >= 4 is 5.69 Å². The highest BCUT2D eigenvalue weighted by atomic mass is 15.3. The molecule has 1 aliphatic heterocycles. The Morgan fingerprint density at radius 3 is 3.00 bits per heavy atom. The lowest BCUT2D eigenvalue weighted by Gasteiger charge is -2.26. The summed E-state index contributed by atoms with van der Waals surface area (Å²) >= 11 is 0. The molecule has 0 unspecified atom stereocenters. The quantitative estimate of drug-likeness (QED) is 0.622. The van der Waals surface area contributed by atoms with E-state index in [4.69, 9.17) is 0 Å². The van der Waals surface area contributed by atoms with E-state index in [1.807, 2.05) is 17.9 Å². The van der Waals surface area contributed by atoms with Crippen molar-refractivity contribution in [2.75, 3.05) is 18.0 Å². The van der Waals surface area contributed by atoms with Crippen LogP contribution in [0.25, 0.3) is 0 Å². The van der Waals surface area contributed by atoms with Gasteiger partial charge in [0.2, 0.25) is 0 Å². The second-order valence-corrected chi connectivity index (χ2v) is 3.25. The third-order valence-electron chi connectivity index (χ3n) is 2.24. The molecule has 1 saturated heterocycles. The summed E-state index contributed by atoms with van der Waals surface area (Å²) in [6.07, 6.45) is 8.86. The standard InChI is InChI=1S/C9H14N3/c1-11-8-9(7-10-11)12-5-3-2-4-6-12/h3,7-8H,2,4-6H2,1H3. The minimum atomic E-state index is 1.08. The molecule has 65 valence electrons. The molecular formula is C9H14N3. The summed E-state index contributed by atoms with van der Waals surface area (Å²) in [5.41, 5.74) is 1.24. The van der Waals surface area contributed by atoms with Crippen molar-refractivity contribution in [2.24, 2.45) is 7.05 Å². The van der Waals surface area contributed by atoms with Gasteiger partial charge in [0.05, 0.1) is 11.9 Å². The van der Waals surface area contributed by atoms with Crippen LogP contribution in [-0.4, -0.2) is 22.9 Å². The molecular weight excluding hydrogens is 150 g/mol. The lowest BCUT2D eigenvalue weighted by atomic mass is 10.1. The molecule has 0 atom stereocenters. The van der Waals surface area contributed by atoms with Gasteiger partial charge in [-0.05, 0) is 19.3 Å². The van der Waals surface area contributed by atoms with Crippen LogP contribution < -0.4 is 4.90 Å². The molecule has 2 rings (SSSR count). The molecule has 0 aliphatic carbocycles. The molecule has 1 aromatic heterocycles. The van der Waals surface area contributed by atoms with Crippen LogP contribution in [0, 0.1) is 6.42 Å². The van der Waals surface area contributed by atoms with Crippen molar-refractivity contribution in [1.29, 1.82) is 0 Å². The summed E-state index contributed by atoms with van der Waals surface area (Å²) in [6.45, 7) is 2.24. The van der Waals surface area contributed by atoms with Crippen LogP contribution in [0.15, 0.2) is 12.4 Å². The summed E-state index contributed by atoms with van der Waals surface area (Å²) in [7, 11) is 1.96. The highest BCUT2D eigenvalue weighted by Gasteiger charge is 2.11. The Morgan fingerprint density at radius 1 is 1.50 bits per heavy atom. The Hall–Kier alpha value is -0.990. The molecule has 0 saturated carbocycles. The summed E-state index contributed by atoms with van der Waals surface area (Å²) in [5.74, 6) is 0. The van der Waals surface area contributed by atoms with E-state index in [1.165, 1.54) is 25.1 Å². The number of hydrogen-bond donors (Lipinski definition) is 0. The van der Waals surface area contributed by atoms with Crippen molar-refractivity contribution < 1.29 is 0 Å². The maximum Gasteiger partial charge on any atom is 0.0752 e. The van der Waals surface area contributed by atoms with E-state index in [0.717, 1.165) is 6.54 Å². The molecule has 3 nitrogen and oxygen atoms in total. The monoisotopic (exact) mass is 164 g/mol. The molecule has 0 spiro atoms. The molecule has 1 fully saturated rings. The molecule has 2 heterocycles. The van der Waals surface area contributed by atoms with Crippen molar-refractivity contribution in [3.63, 3.8) is 0 Å². The Kier molecular flexibility index (Phi) is 2.02. The predicted molar refractivity (Wildman–Crippen MR) is 49.0 cm³/mol. The van der Waals surface area contributed by atoms with Gasteiger partial charge < -0.3 is 4.90 Å².